The van der Waals surface area contributed by atoms with Gasteiger partial charge in [-0.3, -0.25) is 9.59 Å². The molecule has 0 aliphatic carbocycles. The molecule has 224 valence electrons. The number of hydrogen-bond donors (Lipinski definition) is 1. The number of sulfonamides is 1. The second-order valence-electron chi connectivity index (χ2n) is 10.8. The highest BCUT2D eigenvalue weighted by Crippen LogP contribution is 2.22. The van der Waals surface area contributed by atoms with Crippen molar-refractivity contribution in [2.45, 2.75) is 69.4 Å². The minimum atomic E-state index is -3.49. The van der Waals surface area contributed by atoms with Gasteiger partial charge in [-0.05, 0) is 66.6 Å². The van der Waals surface area contributed by atoms with E-state index in [0.717, 1.165) is 42.4 Å². The van der Waals surface area contributed by atoms with E-state index in [4.69, 9.17) is 11.6 Å². The first kappa shape index (κ1) is 31.7. The van der Waals surface area contributed by atoms with Crippen molar-refractivity contribution in [2.24, 2.45) is 0 Å². The van der Waals surface area contributed by atoms with Gasteiger partial charge in [0.2, 0.25) is 21.8 Å². The van der Waals surface area contributed by atoms with Crippen molar-refractivity contribution in [1.82, 2.24) is 14.5 Å². The summed E-state index contributed by atoms with van der Waals surface area (Å²) in [4.78, 5) is 29.4. The number of nitrogens with one attached hydrogen (secondary N) is 1. The molecule has 1 fully saturated rings. The summed E-state index contributed by atoms with van der Waals surface area (Å²) in [6, 6.07) is 23.1. The van der Waals surface area contributed by atoms with Crippen LogP contribution in [0.25, 0.3) is 0 Å². The van der Waals surface area contributed by atoms with Crippen LogP contribution in [0.2, 0.25) is 5.02 Å². The van der Waals surface area contributed by atoms with Crippen LogP contribution in [-0.4, -0.2) is 55.1 Å². The van der Waals surface area contributed by atoms with Gasteiger partial charge in [-0.25, -0.2) is 8.42 Å². The highest BCUT2D eigenvalue weighted by molar-refractivity contribution is 7.89. The lowest BCUT2D eigenvalue weighted by atomic mass is 10.0. The molecule has 42 heavy (non-hydrogen) atoms. The molecule has 9 heteroatoms. The van der Waals surface area contributed by atoms with Crippen LogP contribution in [0.5, 0.6) is 0 Å². The van der Waals surface area contributed by atoms with E-state index in [1.54, 1.807) is 41.3 Å². The van der Waals surface area contributed by atoms with Crippen LogP contribution in [0.15, 0.2) is 83.8 Å². The molecule has 0 aromatic heterocycles. The van der Waals surface area contributed by atoms with Gasteiger partial charge in [-0.1, -0.05) is 79.5 Å². The maximum atomic E-state index is 13.9. The number of carbonyl (C=O) groups excluding carboxylic acids is 2. The molecule has 0 radical (unpaired) electrons. The zero-order chi connectivity index (χ0) is 30.0. The average Bonchev–Trinajstić information content (AvgIpc) is 3.56. The smallest absolute Gasteiger partial charge is 0.243 e. The molecular formula is C33H40ClN3O4S. The predicted octanol–water partition coefficient (Wildman–Crippen LogP) is 5.61. The lowest BCUT2D eigenvalue weighted by Crippen LogP contribution is -2.50. The third-order valence-electron chi connectivity index (χ3n) is 7.62. The maximum Gasteiger partial charge on any atom is 0.243 e. The van der Waals surface area contributed by atoms with Crippen molar-refractivity contribution < 1.29 is 18.0 Å². The Kier molecular flexibility index (Phi) is 11.6. The molecule has 1 unspecified atom stereocenters. The molecule has 1 heterocycles. The number of hydrogen-bond acceptors (Lipinski definition) is 4. The van der Waals surface area contributed by atoms with E-state index in [9.17, 15) is 18.0 Å². The Bertz CT molecular complexity index is 1410. The predicted molar refractivity (Wildman–Crippen MR) is 167 cm³/mol. The van der Waals surface area contributed by atoms with Gasteiger partial charge in [0.15, 0.2) is 0 Å². The first-order valence-corrected chi connectivity index (χ1v) is 16.5. The maximum absolute atomic E-state index is 13.9. The van der Waals surface area contributed by atoms with Crippen LogP contribution in [0, 0.1) is 0 Å². The van der Waals surface area contributed by atoms with Gasteiger partial charge >= 0.3 is 0 Å². The second kappa shape index (κ2) is 15.3. The Morgan fingerprint density at radius 3 is 2.19 bits per heavy atom. The van der Waals surface area contributed by atoms with E-state index >= 15 is 0 Å². The Morgan fingerprint density at radius 1 is 0.905 bits per heavy atom. The minimum absolute atomic E-state index is 0.148. The summed E-state index contributed by atoms with van der Waals surface area (Å²) in [6.07, 6.45) is 4.57. The van der Waals surface area contributed by atoms with Crippen LogP contribution in [-0.2, 0) is 39.0 Å². The molecular weight excluding hydrogens is 570 g/mol. The van der Waals surface area contributed by atoms with Crippen LogP contribution in [0.4, 0.5) is 0 Å². The normalized spacial score (nSPS) is 14.4. The Morgan fingerprint density at radius 2 is 1.55 bits per heavy atom. The lowest BCUT2D eigenvalue weighted by molar-refractivity contribution is -0.141. The first-order chi connectivity index (χ1) is 20.3. The fourth-order valence-electron chi connectivity index (χ4n) is 5.15. The molecule has 1 N–H and O–H groups in total. The van der Waals surface area contributed by atoms with Gasteiger partial charge in [-0.2, -0.15) is 4.31 Å². The number of carbonyl (C=O) groups is 2. The van der Waals surface area contributed by atoms with E-state index in [2.05, 4.69) is 12.2 Å². The van der Waals surface area contributed by atoms with E-state index in [-0.39, 0.29) is 29.7 Å². The fraction of sp³-hybridized carbons (Fsp3) is 0.394. The second-order valence-corrected chi connectivity index (χ2v) is 13.1. The number of nitrogens with zero attached hydrogens (tertiary/aromatic N) is 2. The average molecular weight is 610 g/mol. The molecule has 3 aromatic carbocycles. The summed E-state index contributed by atoms with van der Waals surface area (Å²) in [5, 5.41) is 3.64. The summed E-state index contributed by atoms with van der Waals surface area (Å²) in [6.45, 7) is 3.99. The van der Waals surface area contributed by atoms with Crippen molar-refractivity contribution >= 4 is 33.4 Å². The van der Waals surface area contributed by atoms with Crippen LogP contribution >= 0.6 is 11.6 Å². The first-order valence-electron chi connectivity index (χ1n) is 14.7. The number of amides is 2. The Labute approximate surface area is 254 Å². The van der Waals surface area contributed by atoms with Crippen LogP contribution in [0.1, 0.15) is 55.7 Å². The molecule has 4 rings (SSSR count). The minimum Gasteiger partial charge on any atom is -0.354 e. The Balaban J connectivity index is 1.54. The summed E-state index contributed by atoms with van der Waals surface area (Å²) in [5.41, 5.74) is 2.71. The fourth-order valence-corrected chi connectivity index (χ4v) is 6.79. The zero-order valence-electron chi connectivity index (χ0n) is 24.2. The molecule has 0 bridgehead atoms. The number of unbranched alkanes of at least 4 members (excludes halogenated alkanes) is 1. The van der Waals surface area contributed by atoms with E-state index in [0.29, 0.717) is 37.5 Å². The SMILES string of the molecule is CCCCNC(=O)C(Cc1ccccc1)N(Cc1ccc(Cl)cc1)C(=O)CCc1ccc(S(=O)(=O)N2CCCC2)cc1. The molecule has 0 saturated carbocycles. The molecule has 1 atom stereocenters. The van der Waals surface area contributed by atoms with Gasteiger partial charge in [0.05, 0.1) is 4.90 Å². The topological polar surface area (TPSA) is 86.8 Å². The van der Waals surface area contributed by atoms with Gasteiger partial charge in [0, 0.05) is 44.0 Å². The van der Waals surface area contributed by atoms with Gasteiger partial charge < -0.3 is 10.2 Å². The van der Waals surface area contributed by atoms with Crippen molar-refractivity contribution in [3.05, 3.63) is 101 Å². The largest absolute Gasteiger partial charge is 0.354 e. The molecule has 1 aliphatic rings. The van der Waals surface area contributed by atoms with Crippen molar-refractivity contribution in [3.63, 3.8) is 0 Å². The summed E-state index contributed by atoms with van der Waals surface area (Å²) in [5.74, 6) is -0.323. The van der Waals surface area contributed by atoms with Gasteiger partial charge in [-0.15, -0.1) is 0 Å². The lowest BCUT2D eigenvalue weighted by Gasteiger charge is -2.32. The van der Waals surface area contributed by atoms with Crippen LogP contribution in [0.3, 0.4) is 0 Å². The van der Waals surface area contributed by atoms with E-state index < -0.39 is 16.1 Å². The number of aryl methyl sites for hydroxylation is 1. The van der Waals surface area contributed by atoms with Gasteiger partial charge in [0.1, 0.15) is 6.04 Å². The number of halogens is 1. The highest BCUT2D eigenvalue weighted by atomic mass is 35.5. The van der Waals surface area contributed by atoms with Gasteiger partial charge in [0.25, 0.3) is 0 Å². The Hall–Kier alpha value is -3.20. The number of rotatable bonds is 14. The summed E-state index contributed by atoms with van der Waals surface area (Å²) in [7, 11) is -3.49. The molecule has 1 aliphatic heterocycles. The molecule has 2 amide bonds. The van der Waals surface area contributed by atoms with Crippen molar-refractivity contribution in [2.75, 3.05) is 19.6 Å². The summed E-state index contributed by atoms with van der Waals surface area (Å²) >= 11 is 6.11. The van der Waals surface area contributed by atoms with Crippen LogP contribution < -0.4 is 5.32 Å². The number of benzene rings is 3. The highest BCUT2D eigenvalue weighted by Gasteiger charge is 2.30. The van der Waals surface area contributed by atoms with Crippen molar-refractivity contribution in [1.29, 1.82) is 0 Å². The van der Waals surface area contributed by atoms with E-state index in [1.165, 1.54) is 4.31 Å². The van der Waals surface area contributed by atoms with E-state index in [1.807, 2.05) is 42.5 Å². The van der Waals surface area contributed by atoms with Crippen molar-refractivity contribution in [3.8, 4) is 0 Å². The quantitative estimate of drug-likeness (QED) is 0.241. The standard InChI is InChI=1S/C33H40ClN3O4S/c1-2-3-21-35-33(39)31(24-27-9-5-4-6-10-27)37(25-28-11-16-29(34)17-12-28)32(38)20-15-26-13-18-30(19-14-26)42(40,41)36-22-7-8-23-36/h4-6,9-14,16-19,31H,2-3,7-8,15,20-25H2,1H3,(H,35,39). The summed E-state index contributed by atoms with van der Waals surface area (Å²) < 4.78 is 27.3. The molecule has 3 aromatic rings. The molecule has 1 saturated heterocycles. The third-order valence-corrected chi connectivity index (χ3v) is 9.79. The monoisotopic (exact) mass is 609 g/mol. The third kappa shape index (κ3) is 8.66. The molecule has 0 spiro atoms. The zero-order valence-corrected chi connectivity index (χ0v) is 25.7. The molecule has 7 nitrogen and oxygen atoms in total.